The van der Waals surface area contributed by atoms with Crippen molar-refractivity contribution < 1.29 is 14.2 Å². The maximum atomic E-state index is 5.79. The van der Waals surface area contributed by atoms with E-state index in [-0.39, 0.29) is 0 Å². The number of hydrogen-bond acceptors (Lipinski definition) is 4. The van der Waals surface area contributed by atoms with E-state index in [0.717, 1.165) is 12.3 Å². The largest absolute Gasteiger partial charge is 0.478 e. The summed E-state index contributed by atoms with van der Waals surface area (Å²) in [5, 5.41) is 0. The number of benzene rings is 1. The van der Waals surface area contributed by atoms with Gasteiger partial charge in [-0.2, -0.15) is 0 Å². The third kappa shape index (κ3) is 3.93. The fourth-order valence-corrected chi connectivity index (χ4v) is 2.17. The molecule has 0 amide bonds. The normalized spacial score (nSPS) is 16.8. The van der Waals surface area contributed by atoms with Crippen LogP contribution >= 0.6 is 0 Å². The Labute approximate surface area is 115 Å². The first-order valence-corrected chi connectivity index (χ1v) is 6.73. The molecule has 1 aliphatic heterocycles. The molecule has 19 heavy (non-hydrogen) atoms. The van der Waals surface area contributed by atoms with Crippen LogP contribution in [-0.4, -0.2) is 44.6 Å². The number of rotatable bonds is 6. The van der Waals surface area contributed by atoms with Gasteiger partial charge in [0.05, 0.1) is 19.8 Å². The number of hydrogen-bond donors (Lipinski definition) is 0. The molecule has 1 aromatic rings. The molecule has 0 fully saturated rings. The van der Waals surface area contributed by atoms with Crippen molar-refractivity contribution in [3.8, 4) is 5.75 Å². The Balaban J connectivity index is 1.86. The van der Waals surface area contributed by atoms with E-state index in [9.17, 15) is 0 Å². The van der Waals surface area contributed by atoms with Crippen molar-refractivity contribution in [2.75, 3.05) is 33.7 Å². The van der Waals surface area contributed by atoms with Crippen molar-refractivity contribution in [1.82, 2.24) is 4.90 Å². The van der Waals surface area contributed by atoms with E-state index in [1.54, 1.807) is 7.11 Å². The average molecular weight is 265 g/mol. The van der Waals surface area contributed by atoms with Crippen LogP contribution in [0.3, 0.4) is 0 Å². The Bertz CT molecular complexity index is 408. The molecule has 1 atom stereocenters. The molecule has 0 bridgehead atoms. The second kappa shape index (κ2) is 6.89. The molecule has 4 heteroatoms. The second-order valence-corrected chi connectivity index (χ2v) is 5.05. The van der Waals surface area contributed by atoms with E-state index in [1.165, 1.54) is 11.1 Å². The molecule has 4 nitrogen and oxygen atoms in total. The number of nitrogens with zero attached hydrogens (tertiary/aromatic N) is 1. The lowest BCUT2D eigenvalue weighted by atomic mass is 10.1. The van der Waals surface area contributed by atoms with Gasteiger partial charge in [0.25, 0.3) is 0 Å². The maximum absolute atomic E-state index is 5.79. The van der Waals surface area contributed by atoms with Crippen LogP contribution in [0.4, 0.5) is 0 Å². The van der Waals surface area contributed by atoms with Crippen LogP contribution in [0.5, 0.6) is 5.75 Å². The van der Waals surface area contributed by atoms with Crippen LogP contribution in [-0.2, 0) is 16.0 Å². The van der Waals surface area contributed by atoms with Gasteiger partial charge in [-0.15, -0.1) is 0 Å². The first-order chi connectivity index (χ1) is 9.20. The number of methoxy groups -OCH3 is 1. The van der Waals surface area contributed by atoms with Gasteiger partial charge in [0.2, 0.25) is 0 Å². The zero-order chi connectivity index (χ0) is 13.7. The van der Waals surface area contributed by atoms with Crippen LogP contribution < -0.4 is 4.74 Å². The molecule has 0 aromatic heterocycles. The average Bonchev–Trinajstić information content (AvgIpc) is 2.42. The van der Waals surface area contributed by atoms with Crippen LogP contribution in [0.2, 0.25) is 0 Å². The van der Waals surface area contributed by atoms with Gasteiger partial charge in [0.15, 0.2) is 0 Å². The molecule has 1 aromatic carbocycles. The van der Waals surface area contributed by atoms with E-state index in [4.69, 9.17) is 14.2 Å². The summed E-state index contributed by atoms with van der Waals surface area (Å²) in [7, 11) is 1.69. The van der Waals surface area contributed by atoms with Crippen LogP contribution in [0.15, 0.2) is 18.2 Å². The summed E-state index contributed by atoms with van der Waals surface area (Å²) in [6, 6.07) is 6.68. The summed E-state index contributed by atoms with van der Waals surface area (Å²) < 4.78 is 16.3. The maximum Gasteiger partial charge on any atom is 0.142 e. The van der Waals surface area contributed by atoms with Crippen molar-refractivity contribution in [2.24, 2.45) is 0 Å². The zero-order valence-corrected chi connectivity index (χ0v) is 12.0. The SMILES string of the molecule is COCCOCC(C)N1COc2ccc(C)cc2C1. The summed E-state index contributed by atoms with van der Waals surface area (Å²) in [4.78, 5) is 2.29. The van der Waals surface area contributed by atoms with E-state index in [0.29, 0.717) is 32.6 Å². The van der Waals surface area contributed by atoms with Gasteiger partial charge in [-0.05, 0) is 19.9 Å². The van der Waals surface area contributed by atoms with E-state index in [2.05, 4.69) is 36.9 Å². The molecule has 106 valence electrons. The Morgan fingerprint density at radius 3 is 3.00 bits per heavy atom. The predicted octanol–water partition coefficient (Wildman–Crippen LogP) is 2.20. The minimum atomic E-state index is 0.338. The van der Waals surface area contributed by atoms with Gasteiger partial charge in [0, 0.05) is 25.3 Å². The number of fused-ring (bicyclic) bond motifs is 1. The van der Waals surface area contributed by atoms with Gasteiger partial charge in [0.1, 0.15) is 12.5 Å². The molecule has 0 aliphatic carbocycles. The molecule has 0 spiro atoms. The second-order valence-electron chi connectivity index (χ2n) is 5.05. The minimum Gasteiger partial charge on any atom is -0.478 e. The third-order valence-corrected chi connectivity index (χ3v) is 3.39. The standard InChI is InChI=1S/C15H23NO3/c1-12-4-5-15-14(8-12)9-16(11-19-15)13(2)10-18-7-6-17-3/h4-5,8,13H,6-7,9-11H2,1-3H3. The first-order valence-electron chi connectivity index (χ1n) is 6.73. The van der Waals surface area contributed by atoms with Gasteiger partial charge in [-0.3, -0.25) is 4.90 Å². The smallest absolute Gasteiger partial charge is 0.142 e. The van der Waals surface area contributed by atoms with Gasteiger partial charge >= 0.3 is 0 Å². The van der Waals surface area contributed by atoms with Crippen molar-refractivity contribution in [3.63, 3.8) is 0 Å². The summed E-state index contributed by atoms with van der Waals surface area (Å²) in [6.07, 6.45) is 0. The fraction of sp³-hybridized carbons (Fsp3) is 0.600. The minimum absolute atomic E-state index is 0.338. The Morgan fingerprint density at radius 2 is 2.21 bits per heavy atom. The molecule has 1 unspecified atom stereocenters. The highest BCUT2D eigenvalue weighted by Gasteiger charge is 2.21. The Morgan fingerprint density at radius 1 is 1.37 bits per heavy atom. The fourth-order valence-electron chi connectivity index (χ4n) is 2.17. The molecule has 0 saturated carbocycles. The highest BCUT2D eigenvalue weighted by molar-refractivity contribution is 5.37. The highest BCUT2D eigenvalue weighted by atomic mass is 16.5. The number of aryl methyl sites for hydroxylation is 1. The van der Waals surface area contributed by atoms with E-state index >= 15 is 0 Å². The lowest BCUT2D eigenvalue weighted by molar-refractivity contribution is -0.000153. The topological polar surface area (TPSA) is 30.9 Å². The lowest BCUT2D eigenvalue weighted by Gasteiger charge is -2.33. The molecular formula is C15H23NO3. The van der Waals surface area contributed by atoms with Crippen molar-refractivity contribution in [2.45, 2.75) is 26.4 Å². The van der Waals surface area contributed by atoms with Gasteiger partial charge < -0.3 is 14.2 Å². The number of ether oxygens (including phenoxy) is 3. The first kappa shape index (κ1) is 14.3. The third-order valence-electron chi connectivity index (χ3n) is 3.39. The molecule has 0 radical (unpaired) electrons. The molecular weight excluding hydrogens is 242 g/mol. The Hall–Kier alpha value is -1.10. The molecule has 1 heterocycles. The van der Waals surface area contributed by atoms with Crippen LogP contribution in [0.25, 0.3) is 0 Å². The molecule has 0 saturated heterocycles. The van der Waals surface area contributed by atoms with Crippen LogP contribution in [0, 0.1) is 6.92 Å². The summed E-state index contributed by atoms with van der Waals surface area (Å²) >= 11 is 0. The molecule has 0 N–H and O–H groups in total. The molecule has 2 rings (SSSR count). The van der Waals surface area contributed by atoms with Gasteiger partial charge in [-0.1, -0.05) is 17.7 Å². The van der Waals surface area contributed by atoms with E-state index < -0.39 is 0 Å². The quantitative estimate of drug-likeness (QED) is 0.738. The van der Waals surface area contributed by atoms with E-state index in [1.807, 2.05) is 0 Å². The lowest BCUT2D eigenvalue weighted by Crippen LogP contribution is -2.41. The van der Waals surface area contributed by atoms with Crippen molar-refractivity contribution >= 4 is 0 Å². The van der Waals surface area contributed by atoms with Crippen LogP contribution in [0.1, 0.15) is 18.1 Å². The van der Waals surface area contributed by atoms with Crippen molar-refractivity contribution in [3.05, 3.63) is 29.3 Å². The van der Waals surface area contributed by atoms with Crippen molar-refractivity contribution in [1.29, 1.82) is 0 Å². The predicted molar refractivity (Wildman–Crippen MR) is 74.4 cm³/mol. The summed E-state index contributed by atoms with van der Waals surface area (Å²) in [6.45, 7) is 7.81. The Kier molecular flexibility index (Phi) is 5.19. The van der Waals surface area contributed by atoms with Gasteiger partial charge in [-0.25, -0.2) is 0 Å². The summed E-state index contributed by atoms with van der Waals surface area (Å²) in [5.74, 6) is 1.01. The zero-order valence-electron chi connectivity index (χ0n) is 12.0. The summed E-state index contributed by atoms with van der Waals surface area (Å²) in [5.41, 5.74) is 2.53. The highest BCUT2D eigenvalue weighted by Crippen LogP contribution is 2.26. The molecule has 1 aliphatic rings. The monoisotopic (exact) mass is 265 g/mol.